The van der Waals surface area contributed by atoms with E-state index in [9.17, 15) is 38.4 Å². The van der Waals surface area contributed by atoms with Gasteiger partial charge in [0.15, 0.2) is 12.9 Å². The maximum absolute atomic E-state index is 14.3. The monoisotopic (exact) mass is 998 g/mol. The van der Waals surface area contributed by atoms with Crippen LogP contribution in [0.3, 0.4) is 0 Å². The van der Waals surface area contributed by atoms with Gasteiger partial charge in [-0.05, 0) is 75.2 Å². The molecule has 22 heteroatoms. The van der Waals surface area contributed by atoms with Crippen molar-refractivity contribution in [3.05, 3.63) is 39.8 Å². The number of hydrogen-bond acceptors (Lipinski definition) is 14. The first-order valence-electron chi connectivity index (χ1n) is 22.6. The third-order valence-electron chi connectivity index (χ3n) is 11.9. The number of carbonyl (C=O) groups excluding carboxylic acids is 5. The molecule has 0 radical (unpaired) electrons. The van der Waals surface area contributed by atoms with E-state index in [1.165, 1.54) is 25.3 Å². The van der Waals surface area contributed by atoms with E-state index < -0.39 is 73.3 Å². The zero-order valence-electron chi connectivity index (χ0n) is 40.3. The number of phosphoric acid groups is 1. The van der Waals surface area contributed by atoms with E-state index in [0.717, 1.165) is 30.7 Å². The predicted molar refractivity (Wildman–Crippen MR) is 257 cm³/mol. The van der Waals surface area contributed by atoms with E-state index in [0.29, 0.717) is 29.8 Å². The standard InChI is InChI=1S/C45H71N6O13PS2/c1-11-27(4)39(49-41(55)34-14-12-13-19-50(34)9)43(56)51(10)35(26(2)3)23-37(64-29(6)52)42-48-33(24-67-42)40(54)46-31(20-28(5)44(57)58)21-30-15-16-36(62-25-63-65(59,60)61)32(22-30)47-38(53)17-18-45(7,8)66/h15-16,22,24,26-28,31,34-35,37,39,66H,11-14,17-21,23,25H2,1-10H3,(H,46,54)(H,47,53)(H,49,55)(H,57,58)(H2,59,60,61)/t27-,28?,31+,34+,35+,37+,39-/m0/s1. The van der Waals surface area contributed by atoms with Crippen LogP contribution < -0.4 is 20.7 Å². The van der Waals surface area contributed by atoms with Crippen LogP contribution in [-0.2, 0) is 44.2 Å². The Morgan fingerprint density at radius 1 is 1.07 bits per heavy atom. The Labute approximate surface area is 403 Å². The minimum Gasteiger partial charge on any atom is -0.481 e. The molecule has 376 valence electrons. The van der Waals surface area contributed by atoms with Crippen molar-refractivity contribution < 1.29 is 62.2 Å². The van der Waals surface area contributed by atoms with Crippen LogP contribution >= 0.6 is 31.8 Å². The summed E-state index contributed by atoms with van der Waals surface area (Å²) in [6, 6.07) is 2.20. The van der Waals surface area contributed by atoms with Crippen molar-refractivity contribution in [2.75, 3.05) is 32.7 Å². The Morgan fingerprint density at radius 3 is 2.34 bits per heavy atom. The highest BCUT2D eigenvalue weighted by molar-refractivity contribution is 7.81. The summed E-state index contributed by atoms with van der Waals surface area (Å²) in [5, 5.41) is 20.3. The second-order valence-electron chi connectivity index (χ2n) is 18.5. The minimum absolute atomic E-state index is 0.00682. The number of benzene rings is 1. The van der Waals surface area contributed by atoms with Crippen LogP contribution in [0, 0.1) is 17.8 Å². The average Bonchev–Trinajstić information content (AvgIpc) is 3.73. The number of rotatable bonds is 26. The van der Waals surface area contributed by atoms with E-state index >= 15 is 0 Å². The number of nitrogens with one attached hydrogen (secondary N) is 3. The van der Waals surface area contributed by atoms with Gasteiger partial charge >= 0.3 is 19.8 Å². The molecule has 1 aromatic heterocycles. The van der Waals surface area contributed by atoms with E-state index in [1.807, 2.05) is 53.5 Å². The maximum Gasteiger partial charge on any atom is 0.472 e. The SMILES string of the molecule is CC[C@H](C)[C@H](NC(=O)[C@H]1CCCCN1C)C(=O)N(C)[C@H](C[C@@H](OC(C)=O)c1nc(C(=O)N[C@@H](Cc2ccc(OCOP(=O)(O)O)c(NC(=O)CCC(C)(C)S)c2)CC(C)C(=O)O)cs1)C(C)C. The molecule has 1 aliphatic heterocycles. The highest BCUT2D eigenvalue weighted by atomic mass is 32.1. The lowest BCUT2D eigenvalue weighted by molar-refractivity contribution is -0.149. The summed E-state index contributed by atoms with van der Waals surface area (Å²) in [5.74, 6) is -4.34. The van der Waals surface area contributed by atoms with Crippen LogP contribution in [0.2, 0.25) is 0 Å². The van der Waals surface area contributed by atoms with Gasteiger partial charge in [-0.15, -0.1) is 11.3 Å². The molecule has 0 spiro atoms. The molecule has 2 aromatic rings. The third-order valence-corrected chi connectivity index (χ3v) is 13.5. The fourth-order valence-electron chi connectivity index (χ4n) is 7.74. The summed E-state index contributed by atoms with van der Waals surface area (Å²) in [6.07, 6.45) is 3.05. The van der Waals surface area contributed by atoms with Crippen molar-refractivity contribution in [3.8, 4) is 5.75 Å². The predicted octanol–water partition coefficient (Wildman–Crippen LogP) is 5.96. The van der Waals surface area contributed by atoms with Gasteiger partial charge in [-0.1, -0.05) is 67.4 Å². The molecule has 1 fully saturated rings. The molecule has 1 aromatic carbocycles. The molecular formula is C45H71N6O13PS2. The van der Waals surface area contributed by atoms with Crippen molar-refractivity contribution >= 4 is 73.0 Å². The van der Waals surface area contributed by atoms with Crippen molar-refractivity contribution in [2.45, 2.75) is 148 Å². The lowest BCUT2D eigenvalue weighted by Crippen LogP contribution is -2.58. The Morgan fingerprint density at radius 2 is 1.76 bits per heavy atom. The van der Waals surface area contributed by atoms with Crippen molar-refractivity contribution in [3.63, 3.8) is 0 Å². The van der Waals surface area contributed by atoms with E-state index in [-0.39, 0.29) is 72.5 Å². The zero-order chi connectivity index (χ0) is 50.4. The van der Waals surface area contributed by atoms with Gasteiger partial charge in [0, 0.05) is 49.0 Å². The first-order chi connectivity index (χ1) is 31.2. The molecule has 19 nitrogen and oxygen atoms in total. The summed E-state index contributed by atoms with van der Waals surface area (Å²) in [5.41, 5.74) is 0.668. The molecule has 7 atom stereocenters. The molecule has 2 heterocycles. The number of aromatic nitrogens is 1. The summed E-state index contributed by atoms with van der Waals surface area (Å²) in [7, 11) is -1.28. The molecular weight excluding hydrogens is 928 g/mol. The molecule has 0 saturated carbocycles. The molecule has 0 aliphatic carbocycles. The van der Waals surface area contributed by atoms with Gasteiger partial charge in [-0.3, -0.25) is 33.7 Å². The number of carboxylic acids is 1. The number of esters is 1. The van der Waals surface area contributed by atoms with Gasteiger partial charge in [-0.25, -0.2) is 14.1 Å². The molecule has 1 saturated heterocycles. The van der Waals surface area contributed by atoms with Gasteiger partial charge in [0.2, 0.25) is 17.7 Å². The quantitative estimate of drug-likeness (QED) is 0.0248. The Bertz CT molecular complexity index is 2060. The number of thiol groups is 1. The molecule has 6 N–H and O–H groups in total. The number of carbonyl (C=O) groups is 6. The zero-order valence-corrected chi connectivity index (χ0v) is 42.9. The van der Waals surface area contributed by atoms with Gasteiger partial charge in [-0.2, -0.15) is 12.6 Å². The highest BCUT2D eigenvalue weighted by Crippen LogP contribution is 2.37. The topological polar surface area (TPSA) is 263 Å². The summed E-state index contributed by atoms with van der Waals surface area (Å²) in [6.45, 7) is 14.2. The number of ether oxygens (including phenoxy) is 2. The number of hydrogen-bond donors (Lipinski definition) is 7. The minimum atomic E-state index is -4.87. The number of likely N-dealkylation sites (N-methyl/N-ethyl adjacent to an activating group) is 2. The Balaban J connectivity index is 1.89. The second-order valence-corrected chi connectivity index (χ2v) is 21.8. The van der Waals surface area contributed by atoms with E-state index in [1.54, 1.807) is 24.1 Å². The lowest BCUT2D eigenvalue weighted by Gasteiger charge is -2.38. The van der Waals surface area contributed by atoms with Crippen LogP contribution in [-0.4, -0.2) is 122 Å². The molecule has 4 amide bonds. The number of anilines is 1. The summed E-state index contributed by atoms with van der Waals surface area (Å²) in [4.78, 5) is 106. The van der Waals surface area contributed by atoms with Gasteiger partial charge in [0.25, 0.3) is 5.91 Å². The molecule has 3 rings (SSSR count). The number of phosphoric ester groups is 1. The lowest BCUT2D eigenvalue weighted by atomic mass is 9.92. The molecule has 0 bridgehead atoms. The van der Waals surface area contributed by atoms with Crippen LogP contribution in [0.1, 0.15) is 134 Å². The number of nitrogens with zero attached hydrogens (tertiary/aromatic N) is 3. The number of amides is 4. The third kappa shape index (κ3) is 19.1. The van der Waals surface area contributed by atoms with Crippen molar-refractivity contribution in [1.82, 2.24) is 25.4 Å². The largest absolute Gasteiger partial charge is 0.481 e. The fraction of sp³-hybridized carbons (Fsp3) is 0.667. The van der Waals surface area contributed by atoms with Crippen LogP contribution in [0.15, 0.2) is 23.6 Å². The van der Waals surface area contributed by atoms with E-state index in [4.69, 9.17) is 19.3 Å². The summed E-state index contributed by atoms with van der Waals surface area (Å²) >= 11 is 5.56. The van der Waals surface area contributed by atoms with Gasteiger partial charge < -0.3 is 45.2 Å². The second kappa shape index (κ2) is 26.0. The van der Waals surface area contributed by atoms with E-state index in [2.05, 4.69) is 38.1 Å². The molecule has 1 aliphatic rings. The van der Waals surface area contributed by atoms with Gasteiger partial charge in [0.05, 0.1) is 17.6 Å². The van der Waals surface area contributed by atoms with Crippen LogP contribution in [0.4, 0.5) is 5.69 Å². The molecule has 1 unspecified atom stereocenters. The number of aliphatic carboxylic acids is 1. The first-order valence-corrected chi connectivity index (χ1v) is 25.5. The Hall–Kier alpha value is -4.11. The number of piperidine rings is 1. The summed E-state index contributed by atoms with van der Waals surface area (Å²) < 4.78 is 26.5. The van der Waals surface area contributed by atoms with Crippen LogP contribution in [0.25, 0.3) is 0 Å². The van der Waals surface area contributed by atoms with Gasteiger partial charge in [0.1, 0.15) is 22.5 Å². The average molecular weight is 999 g/mol. The Kier molecular flexibility index (Phi) is 22.2. The smallest absolute Gasteiger partial charge is 0.472 e. The number of thiazole rings is 1. The van der Waals surface area contributed by atoms with Crippen LogP contribution in [0.5, 0.6) is 5.75 Å². The fourth-order valence-corrected chi connectivity index (χ4v) is 8.88. The normalized spacial score (nSPS) is 17.3. The molecule has 67 heavy (non-hydrogen) atoms. The van der Waals surface area contributed by atoms with Crippen molar-refractivity contribution in [2.24, 2.45) is 17.8 Å². The first kappa shape index (κ1) is 57.2. The highest BCUT2D eigenvalue weighted by Gasteiger charge is 2.37. The maximum atomic E-state index is 14.3. The van der Waals surface area contributed by atoms with Crippen molar-refractivity contribution in [1.29, 1.82) is 0 Å². The number of likely N-dealkylation sites (tertiary alicyclic amines) is 1. The number of carboxylic acid groups (broad SMARTS) is 1.